The molecule has 2 unspecified atom stereocenters. The van der Waals surface area contributed by atoms with Gasteiger partial charge in [0.25, 0.3) is 0 Å². The molecule has 5 rings (SSSR count). The van der Waals surface area contributed by atoms with E-state index in [1.807, 2.05) is 45.6 Å². The van der Waals surface area contributed by atoms with Crippen molar-refractivity contribution in [2.45, 2.75) is 68.8 Å². The second-order valence-electron chi connectivity index (χ2n) is 10.2. The molecule has 2 aromatic rings. The molecule has 5 nitrogen and oxygen atoms in total. The van der Waals surface area contributed by atoms with Crippen molar-refractivity contribution in [1.82, 2.24) is 9.21 Å². The van der Waals surface area contributed by atoms with E-state index in [1.165, 1.54) is 5.56 Å². The fourth-order valence-electron chi connectivity index (χ4n) is 6.24. The van der Waals surface area contributed by atoms with Gasteiger partial charge in [0.2, 0.25) is 5.91 Å². The summed E-state index contributed by atoms with van der Waals surface area (Å²) < 4.78 is 15.2. The molecule has 2 aromatic carbocycles. The van der Waals surface area contributed by atoms with Crippen molar-refractivity contribution in [2.24, 2.45) is 5.41 Å². The molecule has 170 valence electrons. The van der Waals surface area contributed by atoms with Crippen LogP contribution in [0.4, 0.5) is 0 Å². The highest BCUT2D eigenvalue weighted by Gasteiger charge is 2.58. The maximum Gasteiger partial charge on any atom is 0.241 e. The van der Waals surface area contributed by atoms with Crippen LogP contribution in [0.25, 0.3) is 0 Å². The van der Waals surface area contributed by atoms with E-state index in [1.54, 1.807) is 6.07 Å². The number of hydrogen-bond donors (Lipinski definition) is 1. The van der Waals surface area contributed by atoms with Gasteiger partial charge in [0.15, 0.2) is 0 Å². The average Bonchev–Trinajstić information content (AvgIpc) is 3.26. The molecule has 6 heteroatoms. The van der Waals surface area contributed by atoms with E-state index < -0.39 is 11.0 Å². The number of benzene rings is 2. The third kappa shape index (κ3) is 3.06. The third-order valence-electron chi connectivity index (χ3n) is 8.56. The molecule has 0 saturated carbocycles. The van der Waals surface area contributed by atoms with Gasteiger partial charge in [-0.2, -0.15) is 0 Å². The molecular formula is C26H32N2O3S. The van der Waals surface area contributed by atoms with Gasteiger partial charge in [-0.15, -0.1) is 0 Å². The Kier molecular flexibility index (Phi) is 5.21. The summed E-state index contributed by atoms with van der Waals surface area (Å²) in [7, 11) is -1.34. The van der Waals surface area contributed by atoms with E-state index in [0.29, 0.717) is 25.3 Å². The van der Waals surface area contributed by atoms with Crippen LogP contribution in [0.3, 0.4) is 0 Å². The van der Waals surface area contributed by atoms with Gasteiger partial charge in [0, 0.05) is 24.5 Å². The summed E-state index contributed by atoms with van der Waals surface area (Å²) in [5.74, 6) is 0.418. The molecule has 2 aliphatic heterocycles. The van der Waals surface area contributed by atoms with Gasteiger partial charge in [-0.1, -0.05) is 51.1 Å². The molecular weight excluding hydrogens is 420 g/mol. The van der Waals surface area contributed by atoms with Gasteiger partial charge in [-0.05, 0) is 60.4 Å². The van der Waals surface area contributed by atoms with Gasteiger partial charge in [-0.25, -0.2) is 8.51 Å². The van der Waals surface area contributed by atoms with E-state index >= 15 is 0 Å². The number of carbonyl (C=O) groups is 1. The van der Waals surface area contributed by atoms with Gasteiger partial charge >= 0.3 is 0 Å². The molecule has 2 saturated heterocycles. The maximum absolute atomic E-state index is 13.9. The Morgan fingerprint density at radius 3 is 2.56 bits per heavy atom. The van der Waals surface area contributed by atoms with Crippen molar-refractivity contribution in [3.05, 3.63) is 59.7 Å². The number of nitrogens with zero attached hydrogens (tertiary/aromatic N) is 2. The summed E-state index contributed by atoms with van der Waals surface area (Å²) >= 11 is 0. The minimum atomic E-state index is -1.34. The van der Waals surface area contributed by atoms with Gasteiger partial charge in [-0.3, -0.25) is 4.79 Å². The zero-order valence-electron chi connectivity index (χ0n) is 19.1. The Bertz CT molecular complexity index is 1070. The summed E-state index contributed by atoms with van der Waals surface area (Å²) in [5.41, 5.74) is 1.96. The molecule has 1 aliphatic carbocycles. The summed E-state index contributed by atoms with van der Waals surface area (Å²) in [5, 5.41) is 10.6. The van der Waals surface area contributed by atoms with Crippen molar-refractivity contribution in [3.8, 4) is 5.75 Å². The quantitative estimate of drug-likeness (QED) is 0.765. The Morgan fingerprint density at radius 1 is 1.06 bits per heavy atom. The minimum absolute atomic E-state index is 0.00200. The lowest BCUT2D eigenvalue weighted by Gasteiger charge is -2.61. The molecule has 3 aliphatic rings. The number of fused-ring (bicyclic) bond motifs is 4. The van der Waals surface area contributed by atoms with Gasteiger partial charge < -0.3 is 10.0 Å². The van der Waals surface area contributed by atoms with Crippen LogP contribution in [0.2, 0.25) is 0 Å². The first-order valence-electron chi connectivity index (χ1n) is 11.6. The summed E-state index contributed by atoms with van der Waals surface area (Å²) in [4.78, 5) is 16.7. The lowest BCUT2D eigenvalue weighted by Crippen LogP contribution is -2.66. The normalized spacial score (nSPS) is 30.0. The number of phenols is 1. The second-order valence-corrected chi connectivity index (χ2v) is 11.7. The Hall–Kier alpha value is -2.18. The number of piperidine rings is 1. The molecule has 1 N–H and O–H groups in total. The van der Waals surface area contributed by atoms with Crippen molar-refractivity contribution in [3.63, 3.8) is 0 Å². The first-order chi connectivity index (χ1) is 15.3. The largest absolute Gasteiger partial charge is 0.508 e. The number of rotatable bonds is 3. The van der Waals surface area contributed by atoms with E-state index in [9.17, 15) is 14.1 Å². The number of hydrogen-bond acceptors (Lipinski definition) is 3. The first kappa shape index (κ1) is 21.7. The predicted octanol–water partition coefficient (Wildman–Crippen LogP) is 4.02. The molecule has 0 aromatic heterocycles. The van der Waals surface area contributed by atoms with E-state index in [-0.39, 0.29) is 28.8 Å². The van der Waals surface area contributed by atoms with Gasteiger partial charge in [0.1, 0.15) is 22.8 Å². The predicted molar refractivity (Wildman–Crippen MR) is 126 cm³/mol. The fraction of sp³-hybridized carbons (Fsp3) is 0.500. The fourth-order valence-corrected chi connectivity index (χ4v) is 7.62. The van der Waals surface area contributed by atoms with Crippen LogP contribution in [0.15, 0.2) is 53.4 Å². The minimum Gasteiger partial charge on any atom is -0.508 e. The van der Waals surface area contributed by atoms with Crippen LogP contribution < -0.4 is 0 Å². The monoisotopic (exact) mass is 452 g/mol. The molecule has 2 heterocycles. The number of likely N-dealkylation sites (tertiary alicyclic amines) is 1. The van der Waals surface area contributed by atoms with Crippen molar-refractivity contribution in [1.29, 1.82) is 0 Å². The van der Waals surface area contributed by atoms with E-state index in [0.717, 1.165) is 29.7 Å². The van der Waals surface area contributed by atoms with E-state index in [2.05, 4.69) is 26.8 Å². The average molecular weight is 453 g/mol. The van der Waals surface area contributed by atoms with Crippen LogP contribution in [-0.4, -0.2) is 49.6 Å². The highest BCUT2D eigenvalue weighted by atomic mass is 32.2. The summed E-state index contributed by atoms with van der Waals surface area (Å²) in [6.45, 7) is 8.17. The molecule has 2 fully saturated rings. The van der Waals surface area contributed by atoms with Crippen LogP contribution >= 0.6 is 0 Å². The highest BCUT2D eigenvalue weighted by Crippen LogP contribution is 2.57. The molecule has 32 heavy (non-hydrogen) atoms. The van der Waals surface area contributed by atoms with Crippen molar-refractivity contribution < 1.29 is 14.1 Å². The summed E-state index contributed by atoms with van der Waals surface area (Å²) in [6.07, 6.45) is 3.12. The zero-order chi connectivity index (χ0) is 22.7. The number of amides is 1. The van der Waals surface area contributed by atoms with E-state index in [4.69, 9.17) is 0 Å². The SMILES string of the molecule is CC1(C)[C@H]2Cc3c(O)cccc3[C@]1(C)CCN2C(=O)C1CCCN1S(=O)c1ccccc1. The van der Waals surface area contributed by atoms with Crippen LogP contribution in [0.5, 0.6) is 5.75 Å². The van der Waals surface area contributed by atoms with Crippen molar-refractivity contribution in [2.75, 3.05) is 13.1 Å². The molecule has 2 bridgehead atoms. The maximum atomic E-state index is 13.9. The second kappa shape index (κ2) is 7.70. The Labute approximate surface area is 193 Å². The Balaban J connectivity index is 1.47. The van der Waals surface area contributed by atoms with Crippen molar-refractivity contribution >= 4 is 16.9 Å². The molecule has 1 amide bonds. The molecule has 0 spiro atoms. The zero-order valence-corrected chi connectivity index (χ0v) is 19.9. The standard InChI is InChI=1S/C26H32N2O3S/c1-25(2)23-17-19-20(11-7-13-22(19)29)26(25,3)14-16-27(23)24(30)21-12-8-15-28(21)32(31)18-9-5-4-6-10-18/h4-7,9-11,13,21,23,29H,8,12,14-17H2,1-3H3/t21?,23-,26+,32?/m1/s1. The van der Waals surface area contributed by atoms with Crippen LogP contribution in [0.1, 0.15) is 51.2 Å². The topological polar surface area (TPSA) is 60.9 Å². The van der Waals surface area contributed by atoms with Crippen LogP contribution in [0, 0.1) is 5.41 Å². The first-order valence-corrected chi connectivity index (χ1v) is 12.7. The third-order valence-corrected chi connectivity index (χ3v) is 10.1. The highest BCUT2D eigenvalue weighted by molar-refractivity contribution is 7.82. The Morgan fingerprint density at radius 2 is 1.81 bits per heavy atom. The van der Waals surface area contributed by atoms with Crippen LogP contribution in [-0.2, 0) is 27.6 Å². The molecule has 0 radical (unpaired) electrons. The number of phenolic OH excluding ortho intramolecular Hbond substituents is 1. The van der Waals surface area contributed by atoms with Gasteiger partial charge in [0.05, 0.1) is 4.90 Å². The number of aromatic hydroxyl groups is 1. The number of carbonyl (C=O) groups excluding carboxylic acids is 1. The smallest absolute Gasteiger partial charge is 0.241 e. The lowest BCUT2D eigenvalue weighted by molar-refractivity contribution is -0.147. The lowest BCUT2D eigenvalue weighted by atomic mass is 9.51. The summed E-state index contributed by atoms with van der Waals surface area (Å²) in [6, 6.07) is 14.9. The molecule has 4 atom stereocenters.